The second kappa shape index (κ2) is 9.17. The number of methoxy groups -OCH3 is 1. The SMILES string of the molecule is C=C1c2[nH]nc(C3=CCC=C(OC)N=C3)c2C(C(CC)CC)N1c1ccc(-c2ccon2)cc1. The lowest BCUT2D eigenvalue weighted by molar-refractivity contribution is 0.288. The first-order valence-electron chi connectivity index (χ1n) is 11.7. The average Bonchev–Trinajstić information content (AvgIpc) is 3.56. The Hall–Kier alpha value is -3.87. The zero-order valence-corrected chi connectivity index (χ0v) is 19.8. The van der Waals surface area contributed by atoms with Crippen molar-refractivity contribution in [2.75, 3.05) is 12.0 Å². The van der Waals surface area contributed by atoms with Gasteiger partial charge in [-0.2, -0.15) is 5.10 Å². The number of fused-ring (bicyclic) bond motifs is 1. The van der Waals surface area contributed by atoms with Crippen LogP contribution in [-0.2, 0) is 4.74 Å². The number of hydrogen-bond acceptors (Lipinski definition) is 6. The van der Waals surface area contributed by atoms with Crippen LogP contribution in [0.5, 0.6) is 0 Å². The maximum atomic E-state index is 5.32. The third-order valence-corrected chi connectivity index (χ3v) is 6.78. The summed E-state index contributed by atoms with van der Waals surface area (Å²) in [6, 6.07) is 10.4. The number of aromatic amines is 1. The van der Waals surface area contributed by atoms with Gasteiger partial charge in [-0.15, -0.1) is 0 Å². The van der Waals surface area contributed by atoms with Crippen molar-refractivity contribution in [3.8, 4) is 11.3 Å². The number of nitrogens with one attached hydrogen (secondary N) is 1. The van der Waals surface area contributed by atoms with Crippen molar-refractivity contribution in [1.29, 1.82) is 0 Å². The summed E-state index contributed by atoms with van der Waals surface area (Å²) in [6.07, 6.45) is 10.4. The molecule has 0 saturated heterocycles. The first-order chi connectivity index (χ1) is 16.7. The van der Waals surface area contributed by atoms with Crippen LogP contribution >= 0.6 is 0 Å². The highest BCUT2D eigenvalue weighted by molar-refractivity contribution is 6.11. The Morgan fingerprint density at radius 3 is 2.65 bits per heavy atom. The average molecular weight is 456 g/mol. The lowest BCUT2D eigenvalue weighted by Gasteiger charge is -2.34. The zero-order valence-electron chi connectivity index (χ0n) is 19.8. The van der Waals surface area contributed by atoms with Gasteiger partial charge in [0.2, 0.25) is 5.88 Å². The topological polar surface area (TPSA) is 79.5 Å². The molecule has 1 atom stereocenters. The molecule has 0 fully saturated rings. The molecule has 0 saturated carbocycles. The van der Waals surface area contributed by atoms with Crippen LogP contribution in [0.4, 0.5) is 5.69 Å². The molecule has 174 valence electrons. The molecule has 2 aliphatic heterocycles. The van der Waals surface area contributed by atoms with E-state index in [2.05, 4.69) is 70.9 Å². The molecular formula is C27H29N5O2. The van der Waals surface area contributed by atoms with E-state index >= 15 is 0 Å². The molecule has 1 aromatic carbocycles. The quantitative estimate of drug-likeness (QED) is 0.447. The van der Waals surface area contributed by atoms with Gasteiger partial charge in [-0.3, -0.25) is 5.10 Å². The third kappa shape index (κ3) is 3.67. The van der Waals surface area contributed by atoms with Crippen molar-refractivity contribution in [2.45, 2.75) is 39.2 Å². The van der Waals surface area contributed by atoms with Crippen molar-refractivity contribution < 1.29 is 9.26 Å². The van der Waals surface area contributed by atoms with Crippen LogP contribution in [0.25, 0.3) is 22.5 Å². The summed E-state index contributed by atoms with van der Waals surface area (Å²) in [5.74, 6) is 1.05. The third-order valence-electron chi connectivity index (χ3n) is 6.78. The van der Waals surface area contributed by atoms with Crippen molar-refractivity contribution in [3.63, 3.8) is 0 Å². The zero-order chi connectivity index (χ0) is 23.7. The fourth-order valence-corrected chi connectivity index (χ4v) is 4.97. The first kappa shape index (κ1) is 21.9. The summed E-state index contributed by atoms with van der Waals surface area (Å²) in [7, 11) is 1.64. The molecule has 0 aliphatic carbocycles. The maximum absolute atomic E-state index is 5.32. The van der Waals surface area contributed by atoms with Gasteiger partial charge in [0.1, 0.15) is 12.0 Å². The molecule has 0 amide bonds. The minimum absolute atomic E-state index is 0.122. The Morgan fingerprint density at radius 2 is 1.97 bits per heavy atom. The second-order valence-electron chi connectivity index (χ2n) is 8.53. The molecule has 2 aromatic heterocycles. The number of ether oxygens (including phenoxy) is 1. The summed E-state index contributed by atoms with van der Waals surface area (Å²) >= 11 is 0. The fourth-order valence-electron chi connectivity index (χ4n) is 4.97. The van der Waals surface area contributed by atoms with Gasteiger partial charge in [-0.25, -0.2) is 4.99 Å². The molecule has 0 radical (unpaired) electrons. The van der Waals surface area contributed by atoms with Crippen molar-refractivity contribution >= 4 is 23.2 Å². The molecule has 0 spiro atoms. The van der Waals surface area contributed by atoms with E-state index in [-0.39, 0.29) is 6.04 Å². The number of aromatic nitrogens is 3. The van der Waals surface area contributed by atoms with Crippen LogP contribution in [0.15, 0.2) is 70.7 Å². The number of H-pyrrole nitrogens is 1. The molecule has 0 bridgehead atoms. The summed E-state index contributed by atoms with van der Waals surface area (Å²) < 4.78 is 10.3. The van der Waals surface area contributed by atoms with Crippen molar-refractivity contribution in [2.24, 2.45) is 10.9 Å². The molecule has 5 rings (SSSR count). The Balaban J connectivity index is 1.56. The van der Waals surface area contributed by atoms with Crippen molar-refractivity contribution in [3.05, 3.63) is 78.2 Å². The van der Waals surface area contributed by atoms with E-state index in [4.69, 9.17) is 14.4 Å². The fraction of sp³-hybridized carbons (Fsp3) is 0.296. The summed E-state index contributed by atoms with van der Waals surface area (Å²) in [5.41, 5.74) is 7.98. The van der Waals surface area contributed by atoms with E-state index in [1.165, 1.54) is 5.56 Å². The van der Waals surface area contributed by atoms with Gasteiger partial charge in [0.15, 0.2) is 0 Å². The van der Waals surface area contributed by atoms with E-state index in [1.54, 1.807) is 13.4 Å². The number of nitrogens with zero attached hydrogens (tertiary/aromatic N) is 4. The maximum Gasteiger partial charge on any atom is 0.209 e. The van der Waals surface area contributed by atoms with E-state index < -0.39 is 0 Å². The molecule has 1 unspecified atom stereocenters. The van der Waals surface area contributed by atoms with Crippen LogP contribution < -0.4 is 4.90 Å². The van der Waals surface area contributed by atoms with Crippen LogP contribution in [0.2, 0.25) is 0 Å². The van der Waals surface area contributed by atoms with Gasteiger partial charge in [-0.05, 0) is 30.5 Å². The molecule has 4 heterocycles. The standard InChI is InChI=1S/C27H29N5O2/c1-5-18(6-2)27-24-25(29-30-26(24)20-8-7-9-23(33-4)28-16-20)17(3)32(27)21-12-10-19(11-13-21)22-14-15-34-31-22/h8-16,18,27H,3,5-7H2,1-2,4H3,(H,29,30). The summed E-state index contributed by atoms with van der Waals surface area (Å²) in [6.45, 7) is 8.98. The number of anilines is 1. The molecule has 34 heavy (non-hydrogen) atoms. The lowest BCUT2D eigenvalue weighted by atomic mass is 9.87. The van der Waals surface area contributed by atoms with Crippen LogP contribution in [0.3, 0.4) is 0 Å². The monoisotopic (exact) mass is 455 g/mol. The Kier molecular flexibility index (Phi) is 5.92. The van der Waals surface area contributed by atoms with E-state index in [0.29, 0.717) is 11.8 Å². The number of benzene rings is 1. The number of rotatable bonds is 7. The van der Waals surface area contributed by atoms with E-state index in [0.717, 1.165) is 58.9 Å². The van der Waals surface area contributed by atoms with Gasteiger partial charge in [0.05, 0.1) is 30.2 Å². The van der Waals surface area contributed by atoms with E-state index in [1.807, 2.05) is 18.4 Å². The lowest BCUT2D eigenvalue weighted by Crippen LogP contribution is -2.27. The van der Waals surface area contributed by atoms with Gasteiger partial charge < -0.3 is 14.2 Å². The predicted octanol–water partition coefficient (Wildman–Crippen LogP) is 6.38. The normalized spacial score (nSPS) is 17.6. The highest BCUT2D eigenvalue weighted by Crippen LogP contribution is 2.50. The molecule has 3 aromatic rings. The Morgan fingerprint density at radius 1 is 1.18 bits per heavy atom. The van der Waals surface area contributed by atoms with Gasteiger partial charge in [0, 0.05) is 34.7 Å². The van der Waals surface area contributed by atoms with Crippen LogP contribution in [0, 0.1) is 5.92 Å². The minimum atomic E-state index is 0.122. The number of aliphatic imine (C=N–C) groups is 1. The number of allylic oxidation sites excluding steroid dienone is 3. The van der Waals surface area contributed by atoms with Gasteiger partial charge in [-0.1, -0.05) is 56.6 Å². The Bertz CT molecular complexity index is 1260. The summed E-state index contributed by atoms with van der Waals surface area (Å²) in [5, 5.41) is 12.1. The van der Waals surface area contributed by atoms with E-state index in [9.17, 15) is 0 Å². The molecule has 7 heteroatoms. The molecule has 7 nitrogen and oxygen atoms in total. The highest BCUT2D eigenvalue weighted by atomic mass is 16.5. The predicted molar refractivity (Wildman–Crippen MR) is 135 cm³/mol. The van der Waals surface area contributed by atoms with Crippen molar-refractivity contribution in [1.82, 2.24) is 15.4 Å². The molecule has 1 N–H and O–H groups in total. The largest absolute Gasteiger partial charge is 0.481 e. The van der Waals surface area contributed by atoms with Crippen LogP contribution in [0.1, 0.15) is 56.1 Å². The second-order valence-corrected chi connectivity index (χ2v) is 8.53. The minimum Gasteiger partial charge on any atom is -0.481 e. The van der Waals surface area contributed by atoms with Gasteiger partial charge >= 0.3 is 0 Å². The first-order valence-corrected chi connectivity index (χ1v) is 11.7. The summed E-state index contributed by atoms with van der Waals surface area (Å²) in [4.78, 5) is 6.84. The molecular weight excluding hydrogens is 426 g/mol. The Labute approximate surface area is 199 Å². The smallest absolute Gasteiger partial charge is 0.209 e. The van der Waals surface area contributed by atoms with Crippen LogP contribution in [-0.4, -0.2) is 28.7 Å². The highest BCUT2D eigenvalue weighted by Gasteiger charge is 2.41. The number of hydrogen-bond donors (Lipinski definition) is 1. The van der Waals surface area contributed by atoms with Gasteiger partial charge in [0.25, 0.3) is 0 Å². The molecule has 2 aliphatic rings.